The number of H-pyrrole nitrogens is 1. The van der Waals surface area contributed by atoms with Crippen molar-refractivity contribution in [2.45, 2.75) is 23.8 Å². The van der Waals surface area contributed by atoms with E-state index in [-0.39, 0.29) is 32.6 Å². The zero-order chi connectivity index (χ0) is 18.1. The third kappa shape index (κ3) is 3.41. The van der Waals surface area contributed by atoms with Crippen molar-refractivity contribution in [3.8, 4) is 0 Å². The van der Waals surface area contributed by atoms with Gasteiger partial charge in [0.05, 0.1) is 33.9 Å². The zero-order valence-electron chi connectivity index (χ0n) is 12.8. The molecule has 130 valence electrons. The molecular weight excluding hydrogens is 358 g/mol. The molecular formula is C13H15N3O6S2. The maximum Gasteiger partial charge on any atom is 0.337 e. The number of carboxylic acids is 1. The number of hydrogen-bond donors (Lipinski definition) is 3. The van der Waals surface area contributed by atoms with Crippen LogP contribution in [0.2, 0.25) is 0 Å². The Kier molecular flexibility index (Phi) is 4.67. The molecule has 2 rings (SSSR count). The third-order valence-corrected chi connectivity index (χ3v) is 6.38. The first-order valence-corrected chi connectivity index (χ1v) is 9.85. The van der Waals surface area contributed by atoms with Gasteiger partial charge in [0.15, 0.2) is 14.9 Å². The predicted molar refractivity (Wildman–Crippen MR) is 85.3 cm³/mol. The van der Waals surface area contributed by atoms with Crippen molar-refractivity contribution in [3.05, 3.63) is 35.8 Å². The lowest BCUT2D eigenvalue weighted by Gasteiger charge is -2.11. The fourth-order valence-electron chi connectivity index (χ4n) is 1.96. The van der Waals surface area contributed by atoms with Crippen molar-refractivity contribution in [2.24, 2.45) is 0 Å². The SMILES string of the molecule is CCS(=O)(=O)c1ccc(C(=O)O)c(NS(=O)(=O)c2nc[nH]c2C)c1. The average Bonchev–Trinajstić information content (AvgIpc) is 2.93. The molecule has 0 saturated carbocycles. The highest BCUT2D eigenvalue weighted by molar-refractivity contribution is 7.92. The van der Waals surface area contributed by atoms with E-state index in [0.29, 0.717) is 0 Å². The molecule has 2 aromatic rings. The van der Waals surface area contributed by atoms with Crippen LogP contribution in [0.25, 0.3) is 0 Å². The topological polar surface area (TPSA) is 146 Å². The average molecular weight is 373 g/mol. The van der Waals surface area contributed by atoms with Gasteiger partial charge < -0.3 is 10.1 Å². The minimum absolute atomic E-state index is 0.175. The number of hydrogen-bond acceptors (Lipinski definition) is 6. The van der Waals surface area contributed by atoms with Crippen molar-refractivity contribution >= 4 is 31.5 Å². The summed E-state index contributed by atoms with van der Waals surface area (Å²) in [5, 5.41) is 8.89. The Balaban J connectivity index is 2.58. The maximum absolute atomic E-state index is 12.4. The summed E-state index contributed by atoms with van der Waals surface area (Å²) >= 11 is 0. The highest BCUT2D eigenvalue weighted by atomic mass is 32.2. The molecule has 9 nitrogen and oxygen atoms in total. The van der Waals surface area contributed by atoms with Gasteiger partial charge in [0, 0.05) is 0 Å². The van der Waals surface area contributed by atoms with Gasteiger partial charge in [-0.25, -0.2) is 18.2 Å². The Morgan fingerprint density at radius 2 is 1.96 bits per heavy atom. The molecule has 24 heavy (non-hydrogen) atoms. The van der Waals surface area contributed by atoms with Crippen LogP contribution in [0.15, 0.2) is 34.4 Å². The van der Waals surface area contributed by atoms with E-state index in [4.69, 9.17) is 0 Å². The Bertz CT molecular complexity index is 992. The smallest absolute Gasteiger partial charge is 0.337 e. The molecule has 0 amide bonds. The first kappa shape index (κ1) is 17.9. The summed E-state index contributed by atoms with van der Waals surface area (Å²) in [5.74, 6) is -1.60. The minimum atomic E-state index is -4.18. The number of anilines is 1. The molecule has 0 aliphatic carbocycles. The number of imidazole rings is 1. The number of aromatic carboxylic acids is 1. The molecule has 0 aliphatic heterocycles. The number of benzene rings is 1. The van der Waals surface area contributed by atoms with Gasteiger partial charge in [-0.2, -0.15) is 8.42 Å². The van der Waals surface area contributed by atoms with E-state index in [1.165, 1.54) is 20.2 Å². The third-order valence-electron chi connectivity index (χ3n) is 3.24. The van der Waals surface area contributed by atoms with Crippen molar-refractivity contribution < 1.29 is 26.7 Å². The van der Waals surface area contributed by atoms with Gasteiger partial charge in [-0.3, -0.25) is 4.72 Å². The summed E-state index contributed by atoms with van der Waals surface area (Å²) in [4.78, 5) is 17.4. The van der Waals surface area contributed by atoms with Crippen molar-refractivity contribution in [1.29, 1.82) is 0 Å². The van der Waals surface area contributed by atoms with Crippen LogP contribution in [0.4, 0.5) is 5.69 Å². The first-order valence-electron chi connectivity index (χ1n) is 6.71. The number of aromatic amines is 1. The van der Waals surface area contributed by atoms with Gasteiger partial charge >= 0.3 is 5.97 Å². The Morgan fingerprint density at radius 3 is 2.46 bits per heavy atom. The van der Waals surface area contributed by atoms with E-state index < -0.39 is 25.8 Å². The van der Waals surface area contributed by atoms with Crippen molar-refractivity contribution in [3.63, 3.8) is 0 Å². The fourth-order valence-corrected chi connectivity index (χ4v) is 4.08. The summed E-state index contributed by atoms with van der Waals surface area (Å²) < 4.78 is 50.7. The summed E-state index contributed by atoms with van der Waals surface area (Å²) in [7, 11) is -7.81. The molecule has 1 aromatic carbocycles. The summed E-state index contributed by atoms with van der Waals surface area (Å²) in [6.07, 6.45) is 1.18. The second-order valence-corrected chi connectivity index (χ2v) is 8.73. The van der Waals surface area contributed by atoms with E-state index in [1.807, 2.05) is 0 Å². The highest BCUT2D eigenvalue weighted by Crippen LogP contribution is 2.25. The van der Waals surface area contributed by atoms with E-state index in [9.17, 15) is 26.7 Å². The van der Waals surface area contributed by atoms with Crippen LogP contribution in [0.1, 0.15) is 23.0 Å². The van der Waals surface area contributed by atoms with Crippen LogP contribution in [0.5, 0.6) is 0 Å². The largest absolute Gasteiger partial charge is 0.478 e. The van der Waals surface area contributed by atoms with Crippen molar-refractivity contribution in [1.82, 2.24) is 9.97 Å². The molecule has 0 aliphatic rings. The zero-order valence-corrected chi connectivity index (χ0v) is 14.4. The number of nitrogens with zero attached hydrogens (tertiary/aromatic N) is 1. The maximum atomic E-state index is 12.4. The van der Waals surface area contributed by atoms with Crippen LogP contribution < -0.4 is 4.72 Å². The monoisotopic (exact) mass is 373 g/mol. The molecule has 0 radical (unpaired) electrons. The normalized spacial score (nSPS) is 12.1. The Hall–Kier alpha value is -2.40. The number of carboxylic acid groups (broad SMARTS) is 1. The fraction of sp³-hybridized carbons (Fsp3) is 0.231. The lowest BCUT2D eigenvalue weighted by molar-refractivity contribution is 0.0698. The van der Waals surface area contributed by atoms with Crippen LogP contribution in [-0.2, 0) is 19.9 Å². The van der Waals surface area contributed by atoms with Crippen LogP contribution in [-0.4, -0.2) is 43.6 Å². The number of aromatic nitrogens is 2. The number of rotatable bonds is 6. The minimum Gasteiger partial charge on any atom is -0.478 e. The molecule has 11 heteroatoms. The summed E-state index contributed by atoms with van der Waals surface area (Å²) in [6, 6.07) is 3.15. The van der Waals surface area contributed by atoms with Crippen LogP contribution in [0, 0.1) is 6.92 Å². The lowest BCUT2D eigenvalue weighted by atomic mass is 10.2. The van der Waals surface area contributed by atoms with E-state index in [2.05, 4.69) is 14.7 Å². The second kappa shape index (κ2) is 6.24. The van der Waals surface area contributed by atoms with Gasteiger partial charge in [0.2, 0.25) is 0 Å². The van der Waals surface area contributed by atoms with Crippen LogP contribution in [0.3, 0.4) is 0 Å². The number of nitrogens with one attached hydrogen (secondary N) is 2. The van der Waals surface area contributed by atoms with Gasteiger partial charge in [0.1, 0.15) is 0 Å². The van der Waals surface area contributed by atoms with Gasteiger partial charge in [0.25, 0.3) is 10.0 Å². The molecule has 0 saturated heterocycles. The number of carbonyl (C=O) groups is 1. The molecule has 1 heterocycles. The van der Waals surface area contributed by atoms with Crippen molar-refractivity contribution in [2.75, 3.05) is 10.5 Å². The Labute approximate surface area is 138 Å². The van der Waals surface area contributed by atoms with E-state index in [1.54, 1.807) is 0 Å². The molecule has 0 unspecified atom stereocenters. The standard InChI is InChI=1S/C13H15N3O6S2/c1-3-23(19,20)9-4-5-10(13(17)18)11(6-9)16-24(21,22)12-8(2)14-7-15-12/h4-7,16H,3H2,1-2H3,(H,14,15)(H,17,18). The van der Waals surface area contributed by atoms with Gasteiger partial charge in [-0.05, 0) is 25.1 Å². The Morgan fingerprint density at radius 1 is 1.29 bits per heavy atom. The molecule has 0 atom stereocenters. The summed E-state index contributed by atoms with van der Waals surface area (Å²) in [6.45, 7) is 2.91. The molecule has 0 bridgehead atoms. The number of aryl methyl sites for hydroxylation is 1. The van der Waals surface area contributed by atoms with Crippen LogP contribution >= 0.6 is 0 Å². The predicted octanol–water partition coefficient (Wildman–Crippen LogP) is 1.01. The van der Waals surface area contributed by atoms with Gasteiger partial charge in [-0.1, -0.05) is 6.92 Å². The summed E-state index contributed by atoms with van der Waals surface area (Å²) in [5.41, 5.74) is -0.460. The first-order chi connectivity index (χ1) is 11.1. The second-order valence-electron chi connectivity index (χ2n) is 4.85. The van der Waals surface area contributed by atoms with E-state index >= 15 is 0 Å². The van der Waals surface area contributed by atoms with Gasteiger partial charge in [-0.15, -0.1) is 0 Å². The quantitative estimate of drug-likeness (QED) is 0.684. The molecule has 1 aromatic heterocycles. The lowest BCUT2D eigenvalue weighted by Crippen LogP contribution is -2.17. The molecule has 0 spiro atoms. The molecule has 3 N–H and O–H groups in total. The molecule has 0 fully saturated rings. The highest BCUT2D eigenvalue weighted by Gasteiger charge is 2.24. The number of sulfonamides is 1. The van der Waals surface area contributed by atoms with E-state index in [0.717, 1.165) is 18.2 Å². The number of sulfone groups is 1.